The van der Waals surface area contributed by atoms with Crippen LogP contribution in [0.15, 0.2) is 0 Å². The third-order valence-electron chi connectivity index (χ3n) is 2.93. The van der Waals surface area contributed by atoms with Gasteiger partial charge in [0.25, 0.3) is 0 Å². The van der Waals surface area contributed by atoms with Crippen molar-refractivity contribution >= 4 is 5.69 Å². The monoisotopic (exact) mass is 296 g/mol. The molecule has 0 aliphatic carbocycles. The van der Waals surface area contributed by atoms with Crippen LogP contribution in [0.4, 0.5) is 27.6 Å². The molecule has 114 valence electrons. The van der Waals surface area contributed by atoms with Gasteiger partial charge >= 0.3 is 0 Å². The maximum Gasteiger partial charge on any atom is 0.200 e. The van der Waals surface area contributed by atoms with Gasteiger partial charge in [-0.2, -0.15) is 0 Å². The fourth-order valence-corrected chi connectivity index (χ4v) is 1.84. The van der Waals surface area contributed by atoms with Gasteiger partial charge in [0.1, 0.15) is 5.69 Å². The summed E-state index contributed by atoms with van der Waals surface area (Å²) in [6.07, 6.45) is 0.913. The van der Waals surface area contributed by atoms with E-state index < -0.39 is 34.8 Å². The molecule has 2 nitrogen and oxygen atoms in total. The summed E-state index contributed by atoms with van der Waals surface area (Å²) in [5, 5.41) is 2.27. The van der Waals surface area contributed by atoms with Gasteiger partial charge in [-0.05, 0) is 19.5 Å². The molecule has 7 heteroatoms. The number of hydrogen-bond acceptors (Lipinski definition) is 2. The first-order valence-corrected chi connectivity index (χ1v) is 6.41. The molecular weight excluding hydrogens is 279 g/mol. The van der Waals surface area contributed by atoms with Gasteiger partial charge in [0.2, 0.25) is 5.82 Å². The number of halogens is 5. The molecule has 0 saturated heterocycles. The fraction of sp³-hybridized carbons (Fsp3) is 0.538. The van der Waals surface area contributed by atoms with Gasteiger partial charge in [-0.15, -0.1) is 0 Å². The summed E-state index contributed by atoms with van der Waals surface area (Å²) in [6, 6.07) is 0. The van der Waals surface area contributed by atoms with Crippen LogP contribution in [0.2, 0.25) is 0 Å². The van der Waals surface area contributed by atoms with E-state index in [9.17, 15) is 22.0 Å². The lowest BCUT2D eigenvalue weighted by molar-refractivity contribution is 0.299. The molecule has 0 aliphatic heterocycles. The molecule has 0 atom stereocenters. The van der Waals surface area contributed by atoms with Crippen LogP contribution in [0, 0.1) is 29.1 Å². The second-order valence-corrected chi connectivity index (χ2v) is 4.31. The molecule has 0 unspecified atom stereocenters. The van der Waals surface area contributed by atoms with E-state index in [0.29, 0.717) is 6.54 Å². The highest BCUT2D eigenvalue weighted by atomic mass is 19.2. The van der Waals surface area contributed by atoms with E-state index in [4.69, 9.17) is 0 Å². The molecule has 1 aromatic carbocycles. The van der Waals surface area contributed by atoms with Crippen LogP contribution < -0.4 is 5.32 Å². The maximum absolute atomic E-state index is 13.4. The van der Waals surface area contributed by atoms with Crippen LogP contribution >= 0.6 is 0 Å². The Kier molecular flexibility index (Phi) is 6.19. The Balaban J connectivity index is 2.78. The smallest absolute Gasteiger partial charge is 0.200 e. The lowest BCUT2D eigenvalue weighted by Crippen LogP contribution is -2.30. The standard InChI is InChI=1S/C13H17F5N2/c1-3-6-20(4-2)7-5-19-13-11(17)9(15)8(14)10(16)12(13)18/h19H,3-7H2,1-2H3. The highest BCUT2D eigenvalue weighted by molar-refractivity contribution is 5.47. The van der Waals surface area contributed by atoms with Gasteiger partial charge < -0.3 is 10.2 Å². The molecule has 0 saturated carbocycles. The molecule has 0 aliphatic rings. The number of nitrogens with zero attached hydrogens (tertiary/aromatic N) is 1. The molecular formula is C13H17F5N2. The molecule has 0 amide bonds. The maximum atomic E-state index is 13.4. The van der Waals surface area contributed by atoms with E-state index in [0.717, 1.165) is 19.5 Å². The van der Waals surface area contributed by atoms with Crippen molar-refractivity contribution in [3.63, 3.8) is 0 Å². The van der Waals surface area contributed by atoms with Gasteiger partial charge in [-0.3, -0.25) is 0 Å². The van der Waals surface area contributed by atoms with Crippen molar-refractivity contribution < 1.29 is 22.0 Å². The highest BCUT2D eigenvalue weighted by Crippen LogP contribution is 2.26. The van der Waals surface area contributed by atoms with Gasteiger partial charge in [-0.1, -0.05) is 13.8 Å². The minimum atomic E-state index is -2.15. The van der Waals surface area contributed by atoms with E-state index in [-0.39, 0.29) is 6.54 Å². The molecule has 0 heterocycles. The number of hydrogen-bond donors (Lipinski definition) is 1. The Morgan fingerprint density at radius 1 is 0.800 bits per heavy atom. The molecule has 0 fully saturated rings. The molecule has 0 aromatic heterocycles. The predicted molar refractivity (Wildman–Crippen MR) is 67.1 cm³/mol. The quantitative estimate of drug-likeness (QED) is 0.470. The Morgan fingerprint density at radius 2 is 1.30 bits per heavy atom. The molecule has 0 radical (unpaired) electrons. The SMILES string of the molecule is CCCN(CC)CCNc1c(F)c(F)c(F)c(F)c1F. The van der Waals surface area contributed by atoms with Gasteiger partial charge in [0.05, 0.1) is 0 Å². The van der Waals surface area contributed by atoms with Crippen LogP contribution in [0.25, 0.3) is 0 Å². The summed E-state index contributed by atoms with van der Waals surface area (Å²) in [5.74, 6) is -9.69. The Morgan fingerprint density at radius 3 is 1.75 bits per heavy atom. The lowest BCUT2D eigenvalue weighted by Gasteiger charge is -2.20. The summed E-state index contributed by atoms with van der Waals surface area (Å²) in [7, 11) is 0. The Labute approximate surface area is 114 Å². The third kappa shape index (κ3) is 3.59. The number of likely N-dealkylation sites (N-methyl/N-ethyl adjacent to an activating group) is 1. The van der Waals surface area contributed by atoms with E-state index in [1.54, 1.807) is 0 Å². The molecule has 1 rings (SSSR count). The van der Waals surface area contributed by atoms with E-state index in [1.165, 1.54) is 0 Å². The van der Waals surface area contributed by atoms with Crippen molar-refractivity contribution in [2.45, 2.75) is 20.3 Å². The first kappa shape index (κ1) is 16.7. The highest BCUT2D eigenvalue weighted by Gasteiger charge is 2.25. The minimum absolute atomic E-state index is 0.0895. The number of anilines is 1. The van der Waals surface area contributed by atoms with Crippen LogP contribution in [0.1, 0.15) is 20.3 Å². The lowest BCUT2D eigenvalue weighted by atomic mass is 10.2. The zero-order chi connectivity index (χ0) is 15.3. The molecule has 0 bridgehead atoms. The van der Waals surface area contributed by atoms with Crippen molar-refractivity contribution in [3.8, 4) is 0 Å². The zero-order valence-corrected chi connectivity index (χ0v) is 11.4. The summed E-state index contributed by atoms with van der Waals surface area (Å²) in [4.78, 5) is 2.00. The van der Waals surface area contributed by atoms with Crippen molar-refractivity contribution in [1.82, 2.24) is 4.90 Å². The number of rotatable bonds is 7. The number of benzene rings is 1. The van der Waals surface area contributed by atoms with Gasteiger partial charge in [0, 0.05) is 13.1 Å². The summed E-state index contributed by atoms with van der Waals surface area (Å²) in [5.41, 5.74) is -0.978. The molecule has 20 heavy (non-hydrogen) atoms. The van der Waals surface area contributed by atoms with E-state index in [1.807, 2.05) is 18.7 Å². The largest absolute Gasteiger partial charge is 0.379 e. The van der Waals surface area contributed by atoms with E-state index in [2.05, 4.69) is 5.32 Å². The van der Waals surface area contributed by atoms with E-state index >= 15 is 0 Å². The van der Waals surface area contributed by atoms with Crippen molar-refractivity contribution in [2.24, 2.45) is 0 Å². The fourth-order valence-electron chi connectivity index (χ4n) is 1.84. The minimum Gasteiger partial charge on any atom is -0.379 e. The first-order chi connectivity index (χ1) is 9.43. The van der Waals surface area contributed by atoms with Crippen molar-refractivity contribution in [1.29, 1.82) is 0 Å². The van der Waals surface area contributed by atoms with Crippen LogP contribution in [0.5, 0.6) is 0 Å². The molecule has 1 aromatic rings. The average molecular weight is 296 g/mol. The topological polar surface area (TPSA) is 15.3 Å². The first-order valence-electron chi connectivity index (χ1n) is 6.41. The third-order valence-corrected chi connectivity index (χ3v) is 2.93. The summed E-state index contributed by atoms with van der Waals surface area (Å²) in [6.45, 7) is 5.99. The normalized spacial score (nSPS) is 11.2. The number of nitrogens with one attached hydrogen (secondary N) is 1. The van der Waals surface area contributed by atoms with Gasteiger partial charge in [0.15, 0.2) is 23.3 Å². The Bertz CT molecular complexity index is 436. The molecule has 1 N–H and O–H groups in total. The second-order valence-electron chi connectivity index (χ2n) is 4.31. The van der Waals surface area contributed by atoms with Crippen LogP contribution in [0.3, 0.4) is 0 Å². The summed E-state index contributed by atoms with van der Waals surface area (Å²) < 4.78 is 65.5. The predicted octanol–water partition coefficient (Wildman–Crippen LogP) is 3.53. The van der Waals surface area contributed by atoms with Crippen molar-refractivity contribution in [2.75, 3.05) is 31.5 Å². The second kappa shape index (κ2) is 7.42. The van der Waals surface area contributed by atoms with Gasteiger partial charge in [-0.25, -0.2) is 22.0 Å². The Hall–Kier alpha value is -1.37. The van der Waals surface area contributed by atoms with Crippen LogP contribution in [-0.2, 0) is 0 Å². The molecule has 0 spiro atoms. The van der Waals surface area contributed by atoms with Crippen LogP contribution in [-0.4, -0.2) is 31.1 Å². The average Bonchev–Trinajstić information content (AvgIpc) is 2.45. The van der Waals surface area contributed by atoms with Crippen molar-refractivity contribution in [3.05, 3.63) is 29.1 Å². The zero-order valence-electron chi connectivity index (χ0n) is 11.4. The summed E-state index contributed by atoms with van der Waals surface area (Å²) >= 11 is 0.